The maximum atomic E-state index is 9.86. The van der Waals surface area contributed by atoms with Crippen LogP contribution in [0.3, 0.4) is 0 Å². The summed E-state index contributed by atoms with van der Waals surface area (Å²) in [5.74, 6) is 0.299. The third kappa shape index (κ3) is 3.79. The first-order valence-corrected chi connectivity index (χ1v) is 6.95. The van der Waals surface area contributed by atoms with E-state index in [0.717, 1.165) is 12.8 Å². The van der Waals surface area contributed by atoms with Crippen molar-refractivity contribution in [2.24, 2.45) is 11.8 Å². The molecule has 0 aliphatic heterocycles. The fourth-order valence-corrected chi connectivity index (χ4v) is 3.13. The van der Waals surface area contributed by atoms with Crippen LogP contribution in [0.2, 0.25) is 0 Å². The van der Waals surface area contributed by atoms with Gasteiger partial charge in [0.05, 0.1) is 24.4 Å². The topological polar surface area (TPSA) is 80.9 Å². The van der Waals surface area contributed by atoms with Gasteiger partial charge in [-0.2, -0.15) is 0 Å². The number of allylic oxidation sites excluding steroid dienone is 1. The third-order valence-electron chi connectivity index (χ3n) is 4.17. The highest BCUT2D eigenvalue weighted by atomic mass is 16.3. The molecule has 18 heavy (non-hydrogen) atoms. The Balaban J connectivity index is 1.86. The highest BCUT2D eigenvalue weighted by Gasteiger charge is 2.28. The van der Waals surface area contributed by atoms with E-state index in [1.54, 1.807) is 0 Å². The van der Waals surface area contributed by atoms with E-state index in [9.17, 15) is 20.4 Å². The normalized spacial score (nSPS) is 46.4. The Labute approximate surface area is 108 Å². The van der Waals surface area contributed by atoms with Crippen molar-refractivity contribution in [2.75, 3.05) is 0 Å². The number of rotatable bonds is 2. The molecule has 4 nitrogen and oxygen atoms in total. The zero-order valence-electron chi connectivity index (χ0n) is 10.7. The molecule has 0 amide bonds. The smallest absolute Gasteiger partial charge is 0.0627 e. The summed E-state index contributed by atoms with van der Waals surface area (Å²) >= 11 is 0. The lowest BCUT2D eigenvalue weighted by Crippen LogP contribution is -2.31. The SMILES string of the molecule is OC1CC(O)CC(/C=C/C2CCC(O)CC2O)C1. The van der Waals surface area contributed by atoms with Gasteiger partial charge in [-0.15, -0.1) is 0 Å². The lowest BCUT2D eigenvalue weighted by Gasteiger charge is -2.30. The van der Waals surface area contributed by atoms with Crippen LogP contribution in [0.25, 0.3) is 0 Å². The van der Waals surface area contributed by atoms with Crippen molar-refractivity contribution in [3.63, 3.8) is 0 Å². The monoisotopic (exact) mass is 256 g/mol. The molecule has 0 heterocycles. The van der Waals surface area contributed by atoms with Crippen LogP contribution < -0.4 is 0 Å². The fourth-order valence-electron chi connectivity index (χ4n) is 3.13. The van der Waals surface area contributed by atoms with E-state index in [4.69, 9.17) is 0 Å². The molecular weight excluding hydrogens is 232 g/mol. The molecule has 4 N–H and O–H groups in total. The Bertz CT molecular complexity index is 282. The maximum Gasteiger partial charge on any atom is 0.0627 e. The van der Waals surface area contributed by atoms with Crippen LogP contribution in [-0.4, -0.2) is 44.8 Å². The molecule has 0 aromatic carbocycles. The molecule has 2 aliphatic carbocycles. The number of hydrogen-bond donors (Lipinski definition) is 4. The largest absolute Gasteiger partial charge is 0.393 e. The van der Waals surface area contributed by atoms with Crippen molar-refractivity contribution < 1.29 is 20.4 Å². The van der Waals surface area contributed by atoms with E-state index in [0.29, 0.717) is 25.7 Å². The van der Waals surface area contributed by atoms with Gasteiger partial charge in [0.2, 0.25) is 0 Å². The average molecular weight is 256 g/mol. The molecule has 0 radical (unpaired) electrons. The van der Waals surface area contributed by atoms with Gasteiger partial charge in [0.15, 0.2) is 0 Å². The molecule has 4 heteroatoms. The van der Waals surface area contributed by atoms with E-state index in [2.05, 4.69) is 0 Å². The van der Waals surface area contributed by atoms with Gasteiger partial charge in [0, 0.05) is 5.92 Å². The minimum absolute atomic E-state index is 0.101. The van der Waals surface area contributed by atoms with Gasteiger partial charge in [-0.05, 0) is 44.4 Å². The molecule has 104 valence electrons. The molecule has 0 aromatic heterocycles. The van der Waals surface area contributed by atoms with E-state index >= 15 is 0 Å². The molecule has 0 spiro atoms. The first-order chi connectivity index (χ1) is 8.54. The van der Waals surface area contributed by atoms with E-state index in [1.807, 2.05) is 12.2 Å². The second kappa shape index (κ2) is 6.15. The Morgan fingerprint density at radius 3 is 1.94 bits per heavy atom. The molecule has 2 saturated carbocycles. The highest BCUT2D eigenvalue weighted by Crippen LogP contribution is 2.29. The molecule has 5 atom stereocenters. The van der Waals surface area contributed by atoms with Crippen LogP contribution in [0.15, 0.2) is 12.2 Å². The summed E-state index contributed by atoms with van der Waals surface area (Å²) < 4.78 is 0. The van der Waals surface area contributed by atoms with E-state index in [1.165, 1.54) is 0 Å². The van der Waals surface area contributed by atoms with Crippen molar-refractivity contribution in [1.82, 2.24) is 0 Å². The van der Waals surface area contributed by atoms with Crippen molar-refractivity contribution in [3.05, 3.63) is 12.2 Å². The minimum Gasteiger partial charge on any atom is -0.393 e. The van der Waals surface area contributed by atoms with Gasteiger partial charge in [-0.3, -0.25) is 0 Å². The van der Waals surface area contributed by atoms with Crippen LogP contribution in [-0.2, 0) is 0 Å². The summed E-state index contributed by atoms with van der Waals surface area (Å²) in [6.07, 6.45) is 6.21. The van der Waals surface area contributed by atoms with Crippen LogP contribution in [0.5, 0.6) is 0 Å². The van der Waals surface area contributed by atoms with Crippen LogP contribution in [0, 0.1) is 11.8 Å². The predicted molar refractivity (Wildman–Crippen MR) is 67.8 cm³/mol. The Kier molecular flexibility index (Phi) is 4.78. The number of hydrogen-bond acceptors (Lipinski definition) is 4. The van der Waals surface area contributed by atoms with Gasteiger partial charge < -0.3 is 20.4 Å². The zero-order valence-corrected chi connectivity index (χ0v) is 10.7. The van der Waals surface area contributed by atoms with Crippen LogP contribution in [0.4, 0.5) is 0 Å². The standard InChI is InChI=1S/C14H24O4/c15-11-4-3-10(14(18)8-11)2-1-9-5-12(16)7-13(17)6-9/h1-2,9-18H,3-8H2/b2-1+. The average Bonchev–Trinajstić information content (AvgIpc) is 2.26. The second-order valence-corrected chi connectivity index (χ2v) is 5.86. The summed E-state index contributed by atoms with van der Waals surface area (Å²) in [6.45, 7) is 0. The lowest BCUT2D eigenvalue weighted by molar-refractivity contribution is 0.0149. The van der Waals surface area contributed by atoms with Gasteiger partial charge in [0.1, 0.15) is 0 Å². The first kappa shape index (κ1) is 14.0. The summed E-state index contributed by atoms with van der Waals surface area (Å²) in [5, 5.41) is 38.5. The summed E-state index contributed by atoms with van der Waals surface area (Å²) in [6, 6.07) is 0. The molecular formula is C14H24O4. The van der Waals surface area contributed by atoms with E-state index in [-0.39, 0.29) is 17.9 Å². The zero-order chi connectivity index (χ0) is 13.1. The van der Waals surface area contributed by atoms with Crippen molar-refractivity contribution in [3.8, 4) is 0 Å². The van der Waals surface area contributed by atoms with Gasteiger partial charge >= 0.3 is 0 Å². The number of aliphatic hydroxyl groups excluding tert-OH is 4. The molecule has 2 rings (SSSR count). The van der Waals surface area contributed by atoms with Crippen LogP contribution >= 0.6 is 0 Å². The number of aliphatic hydroxyl groups is 4. The molecule has 2 aliphatic rings. The Morgan fingerprint density at radius 2 is 1.33 bits per heavy atom. The van der Waals surface area contributed by atoms with Gasteiger partial charge in [-0.1, -0.05) is 12.2 Å². The van der Waals surface area contributed by atoms with Gasteiger partial charge in [0.25, 0.3) is 0 Å². The molecule has 0 saturated heterocycles. The lowest BCUT2D eigenvalue weighted by atomic mass is 9.81. The van der Waals surface area contributed by atoms with Crippen LogP contribution in [0.1, 0.15) is 38.5 Å². The molecule has 0 bridgehead atoms. The maximum absolute atomic E-state index is 9.86. The summed E-state index contributed by atoms with van der Waals surface area (Å²) in [7, 11) is 0. The van der Waals surface area contributed by atoms with Crippen molar-refractivity contribution in [2.45, 2.75) is 62.9 Å². The Morgan fingerprint density at radius 1 is 0.667 bits per heavy atom. The van der Waals surface area contributed by atoms with Gasteiger partial charge in [-0.25, -0.2) is 0 Å². The first-order valence-electron chi connectivity index (χ1n) is 6.95. The predicted octanol–water partition coefficient (Wildman–Crippen LogP) is 0.586. The second-order valence-electron chi connectivity index (χ2n) is 5.86. The fraction of sp³-hybridized carbons (Fsp3) is 0.857. The van der Waals surface area contributed by atoms with Crippen molar-refractivity contribution in [1.29, 1.82) is 0 Å². The highest BCUT2D eigenvalue weighted by molar-refractivity contribution is 5.00. The van der Waals surface area contributed by atoms with Crippen molar-refractivity contribution >= 4 is 0 Å². The molecule has 0 aromatic rings. The quantitative estimate of drug-likeness (QED) is 0.545. The summed E-state index contributed by atoms with van der Waals surface area (Å²) in [5.41, 5.74) is 0. The minimum atomic E-state index is -0.469. The van der Waals surface area contributed by atoms with E-state index < -0.39 is 18.3 Å². The summed E-state index contributed by atoms with van der Waals surface area (Å²) in [4.78, 5) is 0. The molecule has 5 unspecified atom stereocenters. The third-order valence-corrected chi connectivity index (χ3v) is 4.17. The Hall–Kier alpha value is -0.420. The molecule has 2 fully saturated rings.